The Kier molecular flexibility index (Phi) is 7.80. The number of amides is 2. The number of aliphatic hydroxyl groups excluding tert-OH is 2. The van der Waals surface area contributed by atoms with Crippen molar-refractivity contribution in [1.82, 2.24) is 10.6 Å². The zero-order valence-electron chi connectivity index (χ0n) is 17.4. The van der Waals surface area contributed by atoms with Crippen LogP contribution in [0, 0.1) is 0 Å². The van der Waals surface area contributed by atoms with E-state index in [1.807, 2.05) is 48.5 Å². The number of benzene rings is 2. The summed E-state index contributed by atoms with van der Waals surface area (Å²) >= 11 is 0. The summed E-state index contributed by atoms with van der Waals surface area (Å²) in [4.78, 5) is 34.3. The minimum absolute atomic E-state index is 0.0428. The third-order valence-corrected chi connectivity index (χ3v) is 5.27. The Hall–Kier alpha value is -3.43. The second-order valence-corrected chi connectivity index (χ2v) is 7.56. The van der Waals surface area contributed by atoms with Gasteiger partial charge in [0, 0.05) is 25.4 Å². The van der Waals surface area contributed by atoms with E-state index in [9.17, 15) is 19.5 Å². The number of hydrogen-bond donors (Lipinski definition) is 5. The van der Waals surface area contributed by atoms with Crippen LogP contribution in [0.25, 0.3) is 11.1 Å². The molecule has 1 aliphatic rings. The summed E-state index contributed by atoms with van der Waals surface area (Å²) < 4.78 is 5.36. The molecule has 5 N–H and O–H groups in total. The van der Waals surface area contributed by atoms with Crippen molar-refractivity contribution in [2.45, 2.75) is 31.0 Å². The minimum atomic E-state index is -1.56. The number of carboxylic acid groups (broad SMARTS) is 1. The summed E-state index contributed by atoms with van der Waals surface area (Å²) in [5, 5.41) is 32.5. The van der Waals surface area contributed by atoms with Crippen LogP contribution in [-0.2, 0) is 14.3 Å². The van der Waals surface area contributed by atoms with Gasteiger partial charge in [-0.05, 0) is 22.3 Å². The molecule has 9 heteroatoms. The molecule has 2 aromatic carbocycles. The molecule has 1 aliphatic carbocycles. The first-order valence-electron chi connectivity index (χ1n) is 10.3. The zero-order chi connectivity index (χ0) is 23.1. The number of aliphatic carboxylic acids is 1. The first-order chi connectivity index (χ1) is 15.4. The molecule has 0 bridgehead atoms. The molecule has 2 amide bonds. The van der Waals surface area contributed by atoms with Gasteiger partial charge >= 0.3 is 12.1 Å². The SMILES string of the molecule is O=C(CC(O)CNC(=O)OCC1c2ccccc2-c2ccccc21)NCCC(O)C(=O)O. The van der Waals surface area contributed by atoms with Crippen LogP contribution < -0.4 is 10.6 Å². The third kappa shape index (κ3) is 5.83. The van der Waals surface area contributed by atoms with Crippen molar-refractivity contribution in [3.8, 4) is 11.1 Å². The van der Waals surface area contributed by atoms with Crippen molar-refractivity contribution in [3.05, 3.63) is 59.7 Å². The molecule has 0 fully saturated rings. The van der Waals surface area contributed by atoms with E-state index in [4.69, 9.17) is 14.9 Å². The standard InChI is InChI=1S/C23H26N2O7/c26-14(11-21(28)24-10-9-20(27)22(29)30)12-25-23(31)32-13-19-17-7-3-1-5-15(17)16-6-2-4-8-18(16)19/h1-8,14,19-20,26-27H,9-13H2,(H,24,28)(H,25,31)(H,29,30). The smallest absolute Gasteiger partial charge is 0.407 e. The maximum Gasteiger partial charge on any atom is 0.407 e. The second kappa shape index (κ2) is 10.7. The van der Waals surface area contributed by atoms with Crippen molar-refractivity contribution in [1.29, 1.82) is 0 Å². The fourth-order valence-corrected chi connectivity index (χ4v) is 3.68. The van der Waals surface area contributed by atoms with Crippen molar-refractivity contribution >= 4 is 18.0 Å². The summed E-state index contributed by atoms with van der Waals surface area (Å²) in [6, 6.07) is 15.9. The molecule has 9 nitrogen and oxygen atoms in total. The maximum atomic E-state index is 12.1. The number of ether oxygens (including phenoxy) is 1. The molecule has 2 aromatic rings. The van der Waals surface area contributed by atoms with Gasteiger partial charge in [-0.25, -0.2) is 9.59 Å². The molecule has 0 spiro atoms. The van der Waals surface area contributed by atoms with Crippen LogP contribution in [0.5, 0.6) is 0 Å². The van der Waals surface area contributed by atoms with Crippen LogP contribution >= 0.6 is 0 Å². The Balaban J connectivity index is 1.41. The predicted octanol–water partition coefficient (Wildman–Crippen LogP) is 1.23. The van der Waals surface area contributed by atoms with E-state index in [0.29, 0.717) is 0 Å². The molecule has 0 radical (unpaired) electrons. The van der Waals surface area contributed by atoms with E-state index in [2.05, 4.69) is 10.6 Å². The number of alkyl carbamates (subject to hydrolysis) is 1. The van der Waals surface area contributed by atoms with Crippen LogP contribution in [-0.4, -0.2) is 65.2 Å². The number of hydrogen-bond acceptors (Lipinski definition) is 6. The van der Waals surface area contributed by atoms with E-state index >= 15 is 0 Å². The summed E-state index contributed by atoms with van der Waals surface area (Å²) in [6.45, 7) is -0.0803. The molecule has 0 saturated heterocycles. The minimum Gasteiger partial charge on any atom is -0.479 e. The highest BCUT2D eigenvalue weighted by Crippen LogP contribution is 2.44. The highest BCUT2D eigenvalue weighted by atomic mass is 16.5. The highest BCUT2D eigenvalue weighted by molar-refractivity contribution is 5.79. The number of carboxylic acids is 1. The Morgan fingerprint density at radius 2 is 1.53 bits per heavy atom. The summed E-state index contributed by atoms with van der Waals surface area (Å²) in [6.07, 6.45) is -3.83. The lowest BCUT2D eigenvalue weighted by Gasteiger charge is -2.16. The molecule has 2 unspecified atom stereocenters. The van der Waals surface area contributed by atoms with Gasteiger partial charge in [0.25, 0.3) is 0 Å². The first-order valence-corrected chi connectivity index (χ1v) is 10.3. The van der Waals surface area contributed by atoms with Gasteiger partial charge in [-0.2, -0.15) is 0 Å². The number of aliphatic hydroxyl groups is 2. The molecule has 2 atom stereocenters. The lowest BCUT2D eigenvalue weighted by atomic mass is 9.98. The van der Waals surface area contributed by atoms with Gasteiger partial charge in [0.2, 0.25) is 5.91 Å². The lowest BCUT2D eigenvalue weighted by Crippen LogP contribution is -2.37. The van der Waals surface area contributed by atoms with Crippen LogP contribution in [0.3, 0.4) is 0 Å². The third-order valence-electron chi connectivity index (χ3n) is 5.27. The maximum absolute atomic E-state index is 12.1. The monoisotopic (exact) mass is 442 g/mol. The Morgan fingerprint density at radius 3 is 2.12 bits per heavy atom. The Morgan fingerprint density at radius 1 is 0.938 bits per heavy atom. The normalized spacial score (nSPS) is 14.1. The van der Waals surface area contributed by atoms with Gasteiger partial charge < -0.3 is 30.7 Å². The number of fused-ring (bicyclic) bond motifs is 3. The quantitative estimate of drug-likeness (QED) is 0.372. The summed E-state index contributed by atoms with van der Waals surface area (Å²) in [5.74, 6) is -1.97. The van der Waals surface area contributed by atoms with Gasteiger partial charge in [-0.3, -0.25) is 4.79 Å². The summed E-state index contributed by atoms with van der Waals surface area (Å²) in [7, 11) is 0. The second-order valence-electron chi connectivity index (χ2n) is 7.56. The van der Waals surface area contributed by atoms with Crippen molar-refractivity contribution in [2.75, 3.05) is 19.7 Å². The average Bonchev–Trinajstić information content (AvgIpc) is 3.10. The van der Waals surface area contributed by atoms with Crippen molar-refractivity contribution < 1.29 is 34.4 Å². The molecule has 0 aromatic heterocycles. The number of carbonyl (C=O) groups is 3. The topological polar surface area (TPSA) is 145 Å². The van der Waals surface area contributed by atoms with Gasteiger partial charge in [-0.1, -0.05) is 48.5 Å². The van der Waals surface area contributed by atoms with E-state index in [1.54, 1.807) is 0 Å². The molecule has 3 rings (SSSR count). The Labute approximate surface area is 185 Å². The van der Waals surface area contributed by atoms with Gasteiger partial charge in [0.15, 0.2) is 6.10 Å². The Bertz CT molecular complexity index is 933. The van der Waals surface area contributed by atoms with Crippen molar-refractivity contribution in [2.24, 2.45) is 0 Å². The molecule has 0 aliphatic heterocycles. The fourth-order valence-electron chi connectivity index (χ4n) is 3.68. The summed E-state index contributed by atoms with van der Waals surface area (Å²) in [5.41, 5.74) is 4.42. The molecule has 0 saturated carbocycles. The predicted molar refractivity (Wildman–Crippen MR) is 115 cm³/mol. The average molecular weight is 442 g/mol. The van der Waals surface area contributed by atoms with E-state index in [-0.39, 0.29) is 38.5 Å². The van der Waals surface area contributed by atoms with E-state index in [0.717, 1.165) is 22.3 Å². The largest absolute Gasteiger partial charge is 0.479 e. The molecular formula is C23H26N2O7. The van der Waals surface area contributed by atoms with Crippen LogP contribution in [0.4, 0.5) is 4.79 Å². The number of nitrogens with one attached hydrogen (secondary N) is 2. The van der Waals surface area contributed by atoms with E-state index < -0.39 is 30.2 Å². The number of carbonyl (C=O) groups excluding carboxylic acids is 2. The van der Waals surface area contributed by atoms with Gasteiger partial charge in [-0.15, -0.1) is 0 Å². The first kappa shape index (κ1) is 23.2. The van der Waals surface area contributed by atoms with Gasteiger partial charge in [0.05, 0.1) is 12.5 Å². The molecule has 32 heavy (non-hydrogen) atoms. The van der Waals surface area contributed by atoms with Crippen LogP contribution in [0.15, 0.2) is 48.5 Å². The number of rotatable bonds is 10. The molecule has 170 valence electrons. The molecule has 0 heterocycles. The van der Waals surface area contributed by atoms with Crippen molar-refractivity contribution in [3.63, 3.8) is 0 Å². The highest BCUT2D eigenvalue weighted by Gasteiger charge is 2.29. The fraction of sp³-hybridized carbons (Fsp3) is 0.348. The van der Waals surface area contributed by atoms with Crippen LogP contribution in [0.1, 0.15) is 29.9 Å². The lowest BCUT2D eigenvalue weighted by molar-refractivity contribution is -0.147. The molecular weight excluding hydrogens is 416 g/mol. The zero-order valence-corrected chi connectivity index (χ0v) is 17.4. The van der Waals surface area contributed by atoms with E-state index in [1.165, 1.54) is 0 Å². The van der Waals surface area contributed by atoms with Gasteiger partial charge in [0.1, 0.15) is 6.61 Å². The van der Waals surface area contributed by atoms with Crippen LogP contribution in [0.2, 0.25) is 0 Å².